The summed E-state index contributed by atoms with van der Waals surface area (Å²) in [5.41, 5.74) is 3.73. The number of furan rings is 1. The Morgan fingerprint density at radius 3 is 2.48 bits per heavy atom. The van der Waals surface area contributed by atoms with Gasteiger partial charge in [-0.2, -0.15) is 4.31 Å². The number of fused-ring (bicyclic) bond motifs is 1. The van der Waals surface area contributed by atoms with Crippen molar-refractivity contribution in [2.24, 2.45) is 0 Å². The molecular weight excluding hydrogens is 444 g/mol. The SMILES string of the molecule is CS(=O)(=O)N1CCN(c2cc3nccc(-c4cccc(C(=O)N5CCOCC5)c4)c3o2)CC1. The quantitative estimate of drug-likeness (QED) is 0.576. The molecule has 4 heterocycles. The molecule has 9 nitrogen and oxygen atoms in total. The number of ether oxygens (including phenoxy) is 1. The molecule has 2 fully saturated rings. The molecule has 0 radical (unpaired) electrons. The Balaban J connectivity index is 1.42. The fourth-order valence-electron chi connectivity index (χ4n) is 4.32. The third-order valence-corrected chi connectivity index (χ3v) is 7.44. The number of amides is 1. The molecule has 1 aromatic carbocycles. The van der Waals surface area contributed by atoms with Crippen LogP contribution in [-0.2, 0) is 14.8 Å². The van der Waals surface area contributed by atoms with Crippen molar-refractivity contribution in [3.63, 3.8) is 0 Å². The van der Waals surface area contributed by atoms with Crippen LogP contribution in [-0.4, -0.2) is 87.3 Å². The molecule has 174 valence electrons. The summed E-state index contributed by atoms with van der Waals surface area (Å²) < 4.78 is 36.6. The first kappa shape index (κ1) is 21.9. The zero-order chi connectivity index (χ0) is 23.0. The van der Waals surface area contributed by atoms with Gasteiger partial charge in [-0.3, -0.25) is 9.78 Å². The van der Waals surface area contributed by atoms with Gasteiger partial charge < -0.3 is 19.0 Å². The van der Waals surface area contributed by atoms with Gasteiger partial charge in [0.1, 0.15) is 5.52 Å². The van der Waals surface area contributed by atoms with Crippen LogP contribution in [0.15, 0.2) is 47.0 Å². The summed E-state index contributed by atoms with van der Waals surface area (Å²) in [6, 6.07) is 11.3. The number of aromatic nitrogens is 1. The number of hydrogen-bond acceptors (Lipinski definition) is 7. The van der Waals surface area contributed by atoms with Gasteiger partial charge in [0.2, 0.25) is 10.0 Å². The average Bonchev–Trinajstić information content (AvgIpc) is 3.28. The van der Waals surface area contributed by atoms with Crippen LogP contribution in [0.5, 0.6) is 0 Å². The predicted octanol–water partition coefficient (Wildman–Crippen LogP) is 2.05. The molecule has 2 saturated heterocycles. The van der Waals surface area contributed by atoms with Crippen LogP contribution < -0.4 is 4.90 Å². The minimum absolute atomic E-state index is 0.00525. The molecule has 0 unspecified atom stereocenters. The number of sulfonamides is 1. The van der Waals surface area contributed by atoms with Gasteiger partial charge >= 0.3 is 0 Å². The van der Waals surface area contributed by atoms with E-state index in [4.69, 9.17) is 9.15 Å². The normalized spacial score (nSPS) is 18.1. The number of nitrogens with zero attached hydrogens (tertiary/aromatic N) is 4. The van der Waals surface area contributed by atoms with E-state index in [2.05, 4.69) is 4.98 Å². The second-order valence-electron chi connectivity index (χ2n) is 8.29. The fraction of sp³-hybridized carbons (Fsp3) is 0.391. The average molecular weight is 471 g/mol. The smallest absolute Gasteiger partial charge is 0.254 e. The highest BCUT2D eigenvalue weighted by atomic mass is 32.2. The van der Waals surface area contributed by atoms with Crippen LogP contribution in [0.4, 0.5) is 5.88 Å². The number of hydrogen-bond donors (Lipinski definition) is 0. The first-order valence-electron chi connectivity index (χ1n) is 11.0. The lowest BCUT2D eigenvalue weighted by Crippen LogP contribution is -2.48. The molecule has 0 spiro atoms. The molecular formula is C23H26N4O5S. The maximum Gasteiger partial charge on any atom is 0.254 e. The minimum atomic E-state index is -3.19. The Labute approximate surface area is 192 Å². The first-order valence-corrected chi connectivity index (χ1v) is 12.8. The maximum atomic E-state index is 12.9. The molecule has 0 atom stereocenters. The summed E-state index contributed by atoms with van der Waals surface area (Å²) in [6.07, 6.45) is 2.97. The Morgan fingerprint density at radius 2 is 1.76 bits per heavy atom. The van der Waals surface area contributed by atoms with E-state index in [0.717, 1.165) is 16.6 Å². The van der Waals surface area contributed by atoms with E-state index in [1.54, 1.807) is 6.20 Å². The molecule has 0 N–H and O–H groups in total. The second-order valence-corrected chi connectivity index (χ2v) is 10.3. The first-order chi connectivity index (χ1) is 15.9. The number of morpholine rings is 1. The maximum absolute atomic E-state index is 12.9. The molecule has 1 amide bonds. The molecule has 2 aliphatic rings. The lowest BCUT2D eigenvalue weighted by molar-refractivity contribution is 0.0303. The molecule has 5 rings (SSSR count). The van der Waals surface area contributed by atoms with E-state index in [9.17, 15) is 13.2 Å². The Hall–Kier alpha value is -2.95. The Morgan fingerprint density at radius 1 is 1.00 bits per heavy atom. The summed E-state index contributed by atoms with van der Waals surface area (Å²) in [4.78, 5) is 21.2. The molecule has 0 aliphatic carbocycles. The van der Waals surface area contributed by atoms with Gasteiger partial charge in [0.15, 0.2) is 11.5 Å². The lowest BCUT2D eigenvalue weighted by Gasteiger charge is -2.32. The standard InChI is InChI=1S/C23H26N4O5S/c1-33(29,30)27-9-7-25(8-10-27)21-16-20-22(32-21)19(5-6-24-20)17-3-2-4-18(15-17)23(28)26-11-13-31-14-12-26/h2-6,15-16H,7-14H2,1H3. The largest absolute Gasteiger partial charge is 0.438 e. The summed E-state index contributed by atoms with van der Waals surface area (Å²) in [7, 11) is -3.19. The van der Waals surface area contributed by atoms with Crippen molar-refractivity contribution in [3.8, 4) is 11.1 Å². The molecule has 0 bridgehead atoms. The topological polar surface area (TPSA) is 96.2 Å². The highest BCUT2D eigenvalue weighted by Gasteiger charge is 2.26. The van der Waals surface area contributed by atoms with E-state index in [-0.39, 0.29) is 5.91 Å². The molecule has 2 aliphatic heterocycles. The summed E-state index contributed by atoms with van der Waals surface area (Å²) >= 11 is 0. The monoisotopic (exact) mass is 470 g/mol. The van der Waals surface area contributed by atoms with Crippen LogP contribution in [0, 0.1) is 0 Å². The Kier molecular flexibility index (Phi) is 5.81. The van der Waals surface area contributed by atoms with Crippen molar-refractivity contribution in [1.82, 2.24) is 14.2 Å². The summed E-state index contributed by atoms with van der Waals surface area (Å²) in [5.74, 6) is 0.660. The number of benzene rings is 1. The zero-order valence-electron chi connectivity index (χ0n) is 18.4. The number of rotatable bonds is 4. The van der Waals surface area contributed by atoms with Gasteiger partial charge in [0, 0.05) is 62.7 Å². The molecule has 0 saturated carbocycles. The third kappa shape index (κ3) is 4.46. The van der Waals surface area contributed by atoms with Crippen molar-refractivity contribution in [2.75, 3.05) is 63.6 Å². The number of anilines is 1. The fourth-order valence-corrected chi connectivity index (χ4v) is 5.14. The van der Waals surface area contributed by atoms with E-state index in [1.807, 2.05) is 46.2 Å². The van der Waals surface area contributed by atoms with Crippen molar-refractivity contribution in [1.29, 1.82) is 0 Å². The van der Waals surface area contributed by atoms with E-state index in [1.165, 1.54) is 10.6 Å². The second kappa shape index (κ2) is 8.77. The van der Waals surface area contributed by atoms with Crippen LogP contribution in [0.3, 0.4) is 0 Å². The number of carbonyl (C=O) groups is 1. The van der Waals surface area contributed by atoms with E-state index in [0.29, 0.717) is 69.5 Å². The van der Waals surface area contributed by atoms with Gasteiger partial charge in [-0.15, -0.1) is 0 Å². The van der Waals surface area contributed by atoms with Crippen LogP contribution in [0.25, 0.3) is 22.2 Å². The van der Waals surface area contributed by atoms with Crippen LogP contribution in [0.1, 0.15) is 10.4 Å². The van der Waals surface area contributed by atoms with Crippen LogP contribution >= 0.6 is 0 Å². The minimum Gasteiger partial charge on any atom is -0.438 e. The Bertz CT molecular complexity index is 1270. The van der Waals surface area contributed by atoms with Gasteiger partial charge in [-0.25, -0.2) is 8.42 Å². The third-order valence-electron chi connectivity index (χ3n) is 6.14. The van der Waals surface area contributed by atoms with E-state index >= 15 is 0 Å². The number of piperazine rings is 1. The van der Waals surface area contributed by atoms with Crippen molar-refractivity contribution in [3.05, 3.63) is 48.2 Å². The van der Waals surface area contributed by atoms with Gasteiger partial charge in [0.25, 0.3) is 5.91 Å². The molecule has 3 aromatic rings. The summed E-state index contributed by atoms with van der Waals surface area (Å²) in [5, 5.41) is 0. The van der Waals surface area contributed by atoms with E-state index < -0.39 is 10.0 Å². The predicted molar refractivity (Wildman–Crippen MR) is 125 cm³/mol. The van der Waals surface area contributed by atoms with Crippen molar-refractivity contribution in [2.45, 2.75) is 0 Å². The van der Waals surface area contributed by atoms with Crippen molar-refractivity contribution < 1.29 is 22.4 Å². The number of pyridine rings is 1. The van der Waals surface area contributed by atoms with Crippen LogP contribution in [0.2, 0.25) is 0 Å². The highest BCUT2D eigenvalue weighted by molar-refractivity contribution is 7.88. The number of carbonyl (C=O) groups excluding carboxylic acids is 1. The summed E-state index contributed by atoms with van der Waals surface area (Å²) in [6.45, 7) is 4.24. The highest BCUT2D eigenvalue weighted by Crippen LogP contribution is 2.34. The zero-order valence-corrected chi connectivity index (χ0v) is 19.3. The van der Waals surface area contributed by atoms with Gasteiger partial charge in [-0.05, 0) is 23.8 Å². The molecule has 33 heavy (non-hydrogen) atoms. The molecule has 10 heteroatoms. The lowest BCUT2D eigenvalue weighted by atomic mass is 10.0. The van der Waals surface area contributed by atoms with Crippen molar-refractivity contribution >= 4 is 32.9 Å². The van der Waals surface area contributed by atoms with Gasteiger partial charge in [-0.1, -0.05) is 12.1 Å². The van der Waals surface area contributed by atoms with Gasteiger partial charge in [0.05, 0.1) is 19.5 Å². The molecule has 2 aromatic heterocycles.